The van der Waals surface area contributed by atoms with E-state index in [1.165, 1.54) is 11.1 Å². The molecule has 2 nitrogen and oxygen atoms in total. The summed E-state index contributed by atoms with van der Waals surface area (Å²) in [6.07, 6.45) is 2.24. The molecule has 0 aliphatic heterocycles. The van der Waals surface area contributed by atoms with E-state index < -0.39 is 0 Å². The maximum atomic E-state index is 5.75. The predicted molar refractivity (Wildman–Crippen MR) is 65.9 cm³/mol. The highest BCUT2D eigenvalue weighted by atomic mass is 14.9. The highest BCUT2D eigenvalue weighted by Crippen LogP contribution is 2.13. The molecule has 0 saturated carbocycles. The smallest absolute Gasteiger partial charge is 0.0444 e. The highest BCUT2D eigenvalue weighted by Gasteiger charge is 2.07. The molecule has 0 heterocycles. The third kappa shape index (κ3) is 3.65. The van der Waals surface area contributed by atoms with Gasteiger partial charge in [0.15, 0.2) is 0 Å². The number of hydrogen-bond acceptors (Lipinski definition) is 2. The van der Waals surface area contributed by atoms with Crippen LogP contribution in [0.25, 0.3) is 0 Å². The van der Waals surface area contributed by atoms with Gasteiger partial charge in [0.05, 0.1) is 0 Å². The van der Waals surface area contributed by atoms with Crippen molar-refractivity contribution in [3.8, 4) is 0 Å². The fourth-order valence-corrected chi connectivity index (χ4v) is 1.64. The zero-order valence-electron chi connectivity index (χ0n) is 9.79. The first kappa shape index (κ1) is 12.2. The first-order chi connectivity index (χ1) is 7.31. The minimum Gasteiger partial charge on any atom is -0.329 e. The molecule has 15 heavy (non-hydrogen) atoms. The molecule has 1 rings (SSSR count). The van der Waals surface area contributed by atoms with E-state index in [-0.39, 0.29) is 0 Å². The van der Waals surface area contributed by atoms with E-state index in [2.05, 4.69) is 43.4 Å². The first-order valence-electron chi connectivity index (χ1n) is 5.84. The van der Waals surface area contributed by atoms with E-state index >= 15 is 0 Å². The maximum Gasteiger partial charge on any atom is 0.0444 e. The van der Waals surface area contributed by atoms with Gasteiger partial charge in [-0.15, -0.1) is 0 Å². The van der Waals surface area contributed by atoms with Crippen molar-refractivity contribution in [2.24, 2.45) is 5.73 Å². The number of rotatable bonds is 6. The van der Waals surface area contributed by atoms with Crippen molar-refractivity contribution in [2.45, 2.75) is 32.7 Å². The molecular weight excluding hydrogens is 184 g/mol. The SMILES string of the molecule is CCCNC(CN)c1ccc(CC)cc1. The molecule has 0 spiro atoms. The van der Waals surface area contributed by atoms with Crippen LogP contribution in [0.5, 0.6) is 0 Å². The van der Waals surface area contributed by atoms with Crippen LogP contribution in [-0.4, -0.2) is 13.1 Å². The Morgan fingerprint density at radius 2 is 1.87 bits per heavy atom. The van der Waals surface area contributed by atoms with Crippen molar-refractivity contribution in [3.05, 3.63) is 35.4 Å². The van der Waals surface area contributed by atoms with Crippen LogP contribution in [0.4, 0.5) is 0 Å². The molecule has 0 aromatic heterocycles. The molecule has 1 aromatic rings. The lowest BCUT2D eigenvalue weighted by Gasteiger charge is -2.17. The fraction of sp³-hybridized carbons (Fsp3) is 0.538. The van der Waals surface area contributed by atoms with Crippen LogP contribution < -0.4 is 11.1 Å². The summed E-state index contributed by atoms with van der Waals surface area (Å²) in [7, 11) is 0. The largest absolute Gasteiger partial charge is 0.329 e. The molecular formula is C13H22N2. The van der Waals surface area contributed by atoms with Crippen LogP contribution in [0.3, 0.4) is 0 Å². The third-order valence-corrected chi connectivity index (χ3v) is 2.67. The summed E-state index contributed by atoms with van der Waals surface area (Å²) in [6, 6.07) is 9.03. The van der Waals surface area contributed by atoms with Crippen LogP contribution in [0.2, 0.25) is 0 Å². The zero-order chi connectivity index (χ0) is 11.1. The Hall–Kier alpha value is -0.860. The molecule has 3 N–H and O–H groups in total. The van der Waals surface area contributed by atoms with E-state index in [0.717, 1.165) is 19.4 Å². The molecule has 2 heteroatoms. The summed E-state index contributed by atoms with van der Waals surface area (Å²) in [6.45, 7) is 6.02. The highest BCUT2D eigenvalue weighted by molar-refractivity contribution is 5.25. The number of nitrogens with two attached hydrogens (primary N) is 1. The van der Waals surface area contributed by atoms with Gasteiger partial charge in [-0.3, -0.25) is 0 Å². The van der Waals surface area contributed by atoms with Gasteiger partial charge in [-0.05, 0) is 30.5 Å². The van der Waals surface area contributed by atoms with Crippen LogP contribution in [-0.2, 0) is 6.42 Å². The Morgan fingerprint density at radius 1 is 1.20 bits per heavy atom. The lowest BCUT2D eigenvalue weighted by Crippen LogP contribution is -2.28. The molecule has 0 radical (unpaired) electrons. The zero-order valence-corrected chi connectivity index (χ0v) is 9.79. The number of hydrogen-bond donors (Lipinski definition) is 2. The Morgan fingerprint density at radius 3 is 2.33 bits per heavy atom. The monoisotopic (exact) mass is 206 g/mol. The second-order valence-corrected chi connectivity index (χ2v) is 3.84. The molecule has 0 amide bonds. The van der Waals surface area contributed by atoms with E-state index in [1.54, 1.807) is 0 Å². The van der Waals surface area contributed by atoms with Crippen molar-refractivity contribution in [3.63, 3.8) is 0 Å². The van der Waals surface area contributed by atoms with Crippen LogP contribution in [0.15, 0.2) is 24.3 Å². The summed E-state index contributed by atoms with van der Waals surface area (Å²) in [5.41, 5.74) is 8.43. The van der Waals surface area contributed by atoms with Crippen molar-refractivity contribution in [2.75, 3.05) is 13.1 Å². The minimum absolute atomic E-state index is 0.302. The van der Waals surface area contributed by atoms with Crippen LogP contribution in [0, 0.1) is 0 Å². The second-order valence-electron chi connectivity index (χ2n) is 3.84. The van der Waals surface area contributed by atoms with Crippen molar-refractivity contribution in [1.29, 1.82) is 0 Å². The van der Waals surface area contributed by atoms with E-state index in [1.807, 2.05) is 0 Å². The lowest BCUT2D eigenvalue weighted by atomic mass is 10.0. The summed E-state index contributed by atoms with van der Waals surface area (Å²) in [5.74, 6) is 0. The quantitative estimate of drug-likeness (QED) is 0.749. The average molecular weight is 206 g/mol. The molecule has 84 valence electrons. The normalized spacial score (nSPS) is 12.7. The Balaban J connectivity index is 2.65. The molecule has 1 aromatic carbocycles. The van der Waals surface area contributed by atoms with Gasteiger partial charge in [0, 0.05) is 12.6 Å². The predicted octanol–water partition coefficient (Wildman–Crippen LogP) is 2.25. The van der Waals surface area contributed by atoms with Crippen molar-refractivity contribution < 1.29 is 0 Å². The summed E-state index contributed by atoms with van der Waals surface area (Å²) in [5, 5.41) is 3.45. The van der Waals surface area contributed by atoms with Gasteiger partial charge in [0.25, 0.3) is 0 Å². The number of aryl methyl sites for hydroxylation is 1. The topological polar surface area (TPSA) is 38.0 Å². The van der Waals surface area contributed by atoms with Crippen LogP contribution in [0.1, 0.15) is 37.4 Å². The molecule has 1 atom stereocenters. The molecule has 1 unspecified atom stereocenters. The summed E-state index contributed by atoms with van der Waals surface area (Å²) in [4.78, 5) is 0. The summed E-state index contributed by atoms with van der Waals surface area (Å²) >= 11 is 0. The van der Waals surface area contributed by atoms with E-state index in [4.69, 9.17) is 5.73 Å². The Labute approximate surface area is 92.9 Å². The Kier molecular flexibility index (Phi) is 5.37. The van der Waals surface area contributed by atoms with Gasteiger partial charge in [-0.2, -0.15) is 0 Å². The minimum atomic E-state index is 0.302. The molecule has 0 fully saturated rings. The number of benzene rings is 1. The van der Waals surface area contributed by atoms with E-state index in [9.17, 15) is 0 Å². The van der Waals surface area contributed by atoms with Crippen molar-refractivity contribution in [1.82, 2.24) is 5.32 Å². The Bertz CT molecular complexity index is 266. The number of nitrogens with one attached hydrogen (secondary N) is 1. The van der Waals surface area contributed by atoms with Gasteiger partial charge in [0.2, 0.25) is 0 Å². The van der Waals surface area contributed by atoms with E-state index in [0.29, 0.717) is 12.6 Å². The molecule has 0 saturated heterocycles. The molecule has 0 aliphatic rings. The van der Waals surface area contributed by atoms with Gasteiger partial charge in [-0.1, -0.05) is 38.1 Å². The van der Waals surface area contributed by atoms with Gasteiger partial charge < -0.3 is 11.1 Å². The van der Waals surface area contributed by atoms with Crippen molar-refractivity contribution >= 4 is 0 Å². The van der Waals surface area contributed by atoms with Gasteiger partial charge >= 0.3 is 0 Å². The molecule has 0 aliphatic carbocycles. The average Bonchev–Trinajstić information content (AvgIpc) is 2.31. The van der Waals surface area contributed by atoms with Crippen LogP contribution >= 0.6 is 0 Å². The maximum absolute atomic E-state index is 5.75. The molecule has 0 bridgehead atoms. The second kappa shape index (κ2) is 6.59. The van der Waals surface area contributed by atoms with Gasteiger partial charge in [-0.25, -0.2) is 0 Å². The lowest BCUT2D eigenvalue weighted by molar-refractivity contribution is 0.540. The fourth-order valence-electron chi connectivity index (χ4n) is 1.64. The van der Waals surface area contributed by atoms with Gasteiger partial charge in [0.1, 0.15) is 0 Å². The third-order valence-electron chi connectivity index (χ3n) is 2.67. The summed E-state index contributed by atoms with van der Waals surface area (Å²) < 4.78 is 0. The standard InChI is InChI=1S/C13H22N2/c1-3-9-15-13(10-14)12-7-5-11(4-2)6-8-12/h5-8,13,15H,3-4,9-10,14H2,1-2H3. The first-order valence-corrected chi connectivity index (χ1v) is 5.84.